The monoisotopic (exact) mass is 308 g/mol. The fraction of sp³-hybridized carbons (Fsp3) is 0.538. The second-order valence-corrected chi connectivity index (χ2v) is 5.77. The molecule has 2 aromatic rings. The normalized spacial score (nSPS) is 20.0. The van der Waals surface area contributed by atoms with Crippen molar-refractivity contribution in [3.8, 4) is 0 Å². The van der Waals surface area contributed by atoms with Gasteiger partial charge < -0.3 is 5.73 Å². The number of aryl methyl sites for hydroxylation is 1. The van der Waals surface area contributed by atoms with Gasteiger partial charge in [0.2, 0.25) is 5.91 Å². The maximum atomic E-state index is 11.3. The smallest absolute Gasteiger partial charge is 0.221 e. The highest BCUT2D eigenvalue weighted by Crippen LogP contribution is 2.21. The van der Waals surface area contributed by atoms with Crippen LogP contribution in [0.1, 0.15) is 18.7 Å². The van der Waals surface area contributed by atoms with Gasteiger partial charge >= 0.3 is 0 Å². The number of carbonyl (C=O) groups excluding carboxylic acids is 1. The standard InChI is InChI=1S/C13H17ClN6O/c1-19-13-9(5-16-19)11(14)17-10(18-13)7-20-4-2-3-8(6-20)12(15)21/h5,8H,2-4,6-7H2,1H3,(H2,15,21). The lowest BCUT2D eigenvalue weighted by atomic mass is 9.97. The average Bonchev–Trinajstić information content (AvgIpc) is 2.81. The first-order valence-electron chi connectivity index (χ1n) is 6.90. The van der Waals surface area contributed by atoms with E-state index in [1.165, 1.54) is 0 Å². The van der Waals surface area contributed by atoms with Gasteiger partial charge in [-0.2, -0.15) is 5.10 Å². The number of hydrogen-bond donors (Lipinski definition) is 1. The third-order valence-corrected chi connectivity index (χ3v) is 4.15. The van der Waals surface area contributed by atoms with Crippen molar-refractivity contribution >= 4 is 28.5 Å². The highest BCUT2D eigenvalue weighted by atomic mass is 35.5. The third-order valence-electron chi connectivity index (χ3n) is 3.86. The molecule has 3 heterocycles. The number of hydrogen-bond acceptors (Lipinski definition) is 5. The molecule has 1 saturated heterocycles. The number of likely N-dealkylation sites (tertiary alicyclic amines) is 1. The van der Waals surface area contributed by atoms with Crippen molar-refractivity contribution in [1.82, 2.24) is 24.6 Å². The number of fused-ring (bicyclic) bond motifs is 1. The minimum atomic E-state index is -0.235. The summed E-state index contributed by atoms with van der Waals surface area (Å²) in [5, 5.41) is 5.29. The predicted octanol–water partition coefficient (Wildman–Crippen LogP) is 0.714. The third kappa shape index (κ3) is 2.84. The maximum absolute atomic E-state index is 11.3. The van der Waals surface area contributed by atoms with E-state index in [1.807, 2.05) is 7.05 Å². The van der Waals surface area contributed by atoms with Crippen LogP contribution in [0.4, 0.5) is 0 Å². The molecule has 3 rings (SSSR count). The zero-order valence-electron chi connectivity index (χ0n) is 11.8. The molecule has 1 amide bonds. The highest BCUT2D eigenvalue weighted by molar-refractivity contribution is 6.33. The molecule has 21 heavy (non-hydrogen) atoms. The summed E-state index contributed by atoms with van der Waals surface area (Å²) in [4.78, 5) is 22.3. The minimum Gasteiger partial charge on any atom is -0.369 e. The number of halogens is 1. The van der Waals surface area contributed by atoms with Crippen LogP contribution in [0.15, 0.2) is 6.20 Å². The quantitative estimate of drug-likeness (QED) is 0.844. The lowest BCUT2D eigenvalue weighted by molar-refractivity contribution is -0.123. The van der Waals surface area contributed by atoms with Gasteiger partial charge in [0, 0.05) is 13.6 Å². The van der Waals surface area contributed by atoms with Crippen LogP contribution < -0.4 is 5.73 Å². The first-order valence-corrected chi connectivity index (χ1v) is 7.28. The summed E-state index contributed by atoms with van der Waals surface area (Å²) in [6.07, 6.45) is 3.47. The molecule has 0 radical (unpaired) electrons. The molecule has 1 aliphatic rings. The van der Waals surface area contributed by atoms with E-state index in [4.69, 9.17) is 17.3 Å². The Hall–Kier alpha value is -1.73. The fourth-order valence-electron chi connectivity index (χ4n) is 2.73. The van der Waals surface area contributed by atoms with Gasteiger partial charge in [0.1, 0.15) is 11.0 Å². The zero-order chi connectivity index (χ0) is 15.0. The van der Waals surface area contributed by atoms with Crippen LogP contribution in [0, 0.1) is 5.92 Å². The first-order chi connectivity index (χ1) is 10.0. The topological polar surface area (TPSA) is 89.9 Å². The van der Waals surface area contributed by atoms with Crippen molar-refractivity contribution < 1.29 is 4.79 Å². The number of nitrogens with two attached hydrogens (primary N) is 1. The molecular formula is C13H17ClN6O. The van der Waals surface area contributed by atoms with Crippen LogP contribution >= 0.6 is 11.6 Å². The maximum Gasteiger partial charge on any atom is 0.221 e. The lowest BCUT2D eigenvalue weighted by Crippen LogP contribution is -2.40. The molecule has 0 bridgehead atoms. The second kappa shape index (κ2) is 5.57. The van der Waals surface area contributed by atoms with Crippen molar-refractivity contribution in [3.05, 3.63) is 17.2 Å². The van der Waals surface area contributed by atoms with E-state index >= 15 is 0 Å². The number of rotatable bonds is 3. The second-order valence-electron chi connectivity index (χ2n) is 5.41. The van der Waals surface area contributed by atoms with Gasteiger partial charge in [0.15, 0.2) is 5.65 Å². The van der Waals surface area contributed by atoms with E-state index in [2.05, 4.69) is 20.0 Å². The van der Waals surface area contributed by atoms with Gasteiger partial charge in [-0.1, -0.05) is 11.6 Å². The number of primary amides is 1. The number of carbonyl (C=O) groups is 1. The van der Waals surface area contributed by atoms with Gasteiger partial charge in [-0.15, -0.1) is 0 Å². The first kappa shape index (κ1) is 14.2. The van der Waals surface area contributed by atoms with E-state index in [9.17, 15) is 4.79 Å². The number of nitrogens with zero attached hydrogens (tertiary/aromatic N) is 5. The van der Waals surface area contributed by atoms with Crippen molar-refractivity contribution in [1.29, 1.82) is 0 Å². The van der Waals surface area contributed by atoms with Crippen molar-refractivity contribution in [2.24, 2.45) is 18.7 Å². The summed E-state index contributed by atoms with van der Waals surface area (Å²) >= 11 is 6.18. The van der Waals surface area contributed by atoms with Crippen LogP contribution in [0.2, 0.25) is 5.15 Å². The molecule has 2 aromatic heterocycles. The molecule has 1 fully saturated rings. The number of amides is 1. The van der Waals surface area contributed by atoms with Crippen molar-refractivity contribution in [3.63, 3.8) is 0 Å². The van der Waals surface area contributed by atoms with Crippen molar-refractivity contribution in [2.75, 3.05) is 13.1 Å². The van der Waals surface area contributed by atoms with Crippen LogP contribution in [0.5, 0.6) is 0 Å². The molecule has 1 unspecified atom stereocenters. The van der Waals surface area contributed by atoms with Gasteiger partial charge in [-0.25, -0.2) is 9.97 Å². The summed E-state index contributed by atoms with van der Waals surface area (Å²) < 4.78 is 1.68. The molecule has 1 atom stereocenters. The minimum absolute atomic E-state index is 0.0883. The van der Waals surface area contributed by atoms with Crippen LogP contribution in [-0.2, 0) is 18.4 Å². The summed E-state index contributed by atoms with van der Waals surface area (Å²) in [5.41, 5.74) is 6.11. The molecule has 8 heteroatoms. The number of aromatic nitrogens is 4. The Balaban J connectivity index is 1.81. The largest absolute Gasteiger partial charge is 0.369 e. The molecular weight excluding hydrogens is 292 g/mol. The Bertz CT molecular complexity index is 685. The Morgan fingerprint density at radius 2 is 2.33 bits per heavy atom. The van der Waals surface area contributed by atoms with E-state index in [1.54, 1.807) is 10.9 Å². The molecule has 1 aliphatic heterocycles. The van der Waals surface area contributed by atoms with Gasteiger partial charge in [0.05, 0.1) is 24.0 Å². The molecule has 7 nitrogen and oxygen atoms in total. The molecule has 112 valence electrons. The number of piperidine rings is 1. The summed E-state index contributed by atoms with van der Waals surface area (Å²) in [6, 6.07) is 0. The molecule has 0 saturated carbocycles. The van der Waals surface area contributed by atoms with E-state index in [0.717, 1.165) is 24.8 Å². The SMILES string of the molecule is Cn1ncc2c(Cl)nc(CN3CCCC(C(N)=O)C3)nc21. The van der Waals surface area contributed by atoms with Gasteiger partial charge in [-0.3, -0.25) is 14.4 Å². The Morgan fingerprint density at radius 3 is 3.10 bits per heavy atom. The molecule has 0 aliphatic carbocycles. The Kier molecular flexibility index (Phi) is 3.77. The lowest BCUT2D eigenvalue weighted by Gasteiger charge is -2.30. The van der Waals surface area contributed by atoms with Crippen molar-refractivity contribution in [2.45, 2.75) is 19.4 Å². The fourth-order valence-corrected chi connectivity index (χ4v) is 2.96. The summed E-state index contributed by atoms with van der Waals surface area (Å²) in [7, 11) is 1.82. The van der Waals surface area contributed by atoms with Crippen LogP contribution in [0.3, 0.4) is 0 Å². The van der Waals surface area contributed by atoms with E-state index in [0.29, 0.717) is 29.7 Å². The predicted molar refractivity (Wildman–Crippen MR) is 78.5 cm³/mol. The van der Waals surface area contributed by atoms with E-state index in [-0.39, 0.29) is 11.8 Å². The molecule has 0 spiro atoms. The molecule has 2 N–H and O–H groups in total. The zero-order valence-corrected chi connectivity index (χ0v) is 12.5. The Morgan fingerprint density at radius 1 is 1.52 bits per heavy atom. The summed E-state index contributed by atoms with van der Waals surface area (Å²) in [6.45, 7) is 2.12. The molecule has 0 aromatic carbocycles. The van der Waals surface area contributed by atoms with Gasteiger partial charge in [-0.05, 0) is 19.4 Å². The van der Waals surface area contributed by atoms with Crippen LogP contribution in [0.25, 0.3) is 11.0 Å². The summed E-state index contributed by atoms with van der Waals surface area (Å²) in [5.74, 6) is 0.316. The van der Waals surface area contributed by atoms with Crippen LogP contribution in [-0.4, -0.2) is 43.6 Å². The van der Waals surface area contributed by atoms with E-state index < -0.39 is 0 Å². The average molecular weight is 309 g/mol. The Labute approximate surface area is 127 Å². The van der Waals surface area contributed by atoms with Gasteiger partial charge in [0.25, 0.3) is 0 Å². The highest BCUT2D eigenvalue weighted by Gasteiger charge is 2.24.